The van der Waals surface area contributed by atoms with Crippen LogP contribution in [0.25, 0.3) is 0 Å². The van der Waals surface area contributed by atoms with Crippen molar-refractivity contribution in [2.24, 2.45) is 16.2 Å². The number of unbranched alkanes of at least 4 members (excludes halogenated alkanes) is 30. The van der Waals surface area contributed by atoms with Crippen molar-refractivity contribution < 1.29 is 19.4 Å². The predicted molar refractivity (Wildman–Crippen MR) is 294 cm³/mol. The Morgan fingerprint density at radius 3 is 0.652 bits per heavy atom. The molecule has 0 aromatic carbocycles. The topological polar surface area (TPSA) is 63.6 Å². The molecule has 0 rings (SSSR count). The van der Waals surface area contributed by atoms with Crippen molar-refractivity contribution in [3.05, 3.63) is 0 Å². The van der Waals surface area contributed by atoms with E-state index in [4.69, 9.17) is 14.6 Å². The molecule has 4 heteroatoms. The van der Waals surface area contributed by atoms with Crippen LogP contribution in [0.15, 0.2) is 0 Å². The lowest BCUT2D eigenvalue weighted by Gasteiger charge is -2.53. The van der Waals surface area contributed by atoms with Gasteiger partial charge in [0.1, 0.15) is 0 Å². The maximum absolute atomic E-state index is 14.1. The van der Waals surface area contributed by atoms with Gasteiger partial charge in [-0.2, -0.15) is 0 Å². The fourth-order valence-corrected chi connectivity index (χ4v) is 11.9. The Bertz CT molecular complexity index is 936. The largest absolute Gasteiger partial charge is 0.481 e. The van der Waals surface area contributed by atoms with Crippen LogP contribution in [-0.4, -0.2) is 23.7 Å². The zero-order valence-electron chi connectivity index (χ0n) is 47.1. The van der Waals surface area contributed by atoms with Crippen LogP contribution in [-0.2, 0) is 14.3 Å². The highest BCUT2D eigenvalue weighted by molar-refractivity contribution is 5.76. The molecule has 0 saturated heterocycles. The molecule has 0 heterocycles. The summed E-state index contributed by atoms with van der Waals surface area (Å²) in [5, 5.41) is 7.42. The van der Waals surface area contributed by atoms with E-state index in [-0.39, 0.29) is 11.4 Å². The van der Waals surface area contributed by atoms with Crippen LogP contribution in [0.2, 0.25) is 0 Å². The van der Waals surface area contributed by atoms with Crippen LogP contribution >= 0.6 is 0 Å². The van der Waals surface area contributed by atoms with Crippen LogP contribution in [0.4, 0.5) is 0 Å². The minimum absolute atomic E-state index is 0.146. The summed E-state index contributed by atoms with van der Waals surface area (Å²) in [6.07, 6.45) is 63.9. The SMILES string of the molecule is CC(=O)O.CCCCCCCC(CCCCCCC)(CCCCCC(CCCCCCC)(CCCCCCC)C(CCCCCCC)(CCCCCCC)CCCCCCC)C(=O)OCC. The molecule has 0 unspecified atom stereocenters. The highest BCUT2D eigenvalue weighted by atomic mass is 16.5. The van der Waals surface area contributed by atoms with Crippen molar-refractivity contribution in [3.63, 3.8) is 0 Å². The van der Waals surface area contributed by atoms with Gasteiger partial charge < -0.3 is 9.84 Å². The molecule has 0 atom stereocenters. The summed E-state index contributed by atoms with van der Waals surface area (Å²) in [6.45, 7) is 20.2. The molecule has 0 bridgehead atoms. The number of carboxylic acid groups (broad SMARTS) is 1. The van der Waals surface area contributed by atoms with Gasteiger partial charge in [0.2, 0.25) is 0 Å². The number of ether oxygens (including phenoxy) is 1. The normalized spacial score (nSPS) is 12.1. The summed E-state index contributed by atoms with van der Waals surface area (Å²) in [6, 6.07) is 0. The van der Waals surface area contributed by atoms with E-state index in [1.54, 1.807) is 0 Å². The number of carboxylic acids is 1. The van der Waals surface area contributed by atoms with Crippen LogP contribution < -0.4 is 0 Å². The number of hydrogen-bond donors (Lipinski definition) is 1. The van der Waals surface area contributed by atoms with E-state index in [1.165, 1.54) is 283 Å². The first-order valence-corrected chi connectivity index (χ1v) is 30.5. The van der Waals surface area contributed by atoms with Gasteiger partial charge in [-0.1, -0.05) is 292 Å². The summed E-state index contributed by atoms with van der Waals surface area (Å²) in [7, 11) is 0. The zero-order chi connectivity index (χ0) is 49.3. The van der Waals surface area contributed by atoms with Crippen molar-refractivity contribution in [1.29, 1.82) is 0 Å². The molecule has 0 aliphatic heterocycles. The van der Waals surface area contributed by atoms with Crippen molar-refractivity contribution in [2.75, 3.05) is 6.61 Å². The Morgan fingerprint density at radius 1 is 0.303 bits per heavy atom. The van der Waals surface area contributed by atoms with Crippen molar-refractivity contribution >= 4 is 11.9 Å². The number of esters is 1. The zero-order valence-corrected chi connectivity index (χ0v) is 47.1. The van der Waals surface area contributed by atoms with Crippen LogP contribution in [0, 0.1) is 16.2 Å². The average Bonchev–Trinajstić information content (AvgIpc) is 3.30. The molecule has 4 nitrogen and oxygen atoms in total. The molecule has 66 heavy (non-hydrogen) atoms. The van der Waals surface area contributed by atoms with Gasteiger partial charge in [0.25, 0.3) is 5.97 Å². The molecule has 0 aromatic rings. The summed E-state index contributed by atoms with van der Waals surface area (Å²) < 4.78 is 6.01. The van der Waals surface area contributed by atoms with E-state index >= 15 is 0 Å². The van der Waals surface area contributed by atoms with E-state index in [2.05, 4.69) is 48.5 Å². The second kappa shape index (κ2) is 48.9. The standard InChI is InChI=1S/C60H120O2.C2H4O2/c1-9-17-24-31-39-48-58(57(61)62-16-8,49-40-32-25-18-10-2)50-41-38-47-56-60(54-45-36-29-22-14-6,55-46-37-30-23-15-7)59(51-42-33-26-19-11-3,52-43-34-27-20-12-4)53-44-35-28-21-13-5;1-2(3)4/h9-56H2,1-8H3;1H3,(H,3,4). The van der Waals surface area contributed by atoms with Crippen LogP contribution in [0.1, 0.15) is 364 Å². The molecule has 0 saturated carbocycles. The van der Waals surface area contributed by atoms with Gasteiger partial charge in [-0.3, -0.25) is 9.59 Å². The molecular weight excluding hydrogens is 809 g/mol. The van der Waals surface area contributed by atoms with E-state index in [0.717, 1.165) is 26.2 Å². The molecule has 0 aliphatic carbocycles. The highest BCUT2D eigenvalue weighted by Gasteiger charge is 2.48. The lowest BCUT2D eigenvalue weighted by atomic mass is 9.51. The summed E-state index contributed by atoms with van der Waals surface area (Å²) in [4.78, 5) is 23.1. The fraction of sp³-hybridized carbons (Fsp3) is 0.968. The maximum atomic E-state index is 14.1. The number of carbonyl (C=O) groups is 2. The quantitative estimate of drug-likeness (QED) is 0.0488. The fourth-order valence-electron chi connectivity index (χ4n) is 11.9. The first-order chi connectivity index (χ1) is 32.1. The number of hydrogen-bond acceptors (Lipinski definition) is 3. The van der Waals surface area contributed by atoms with Crippen LogP contribution in [0.3, 0.4) is 0 Å². The van der Waals surface area contributed by atoms with Gasteiger partial charge in [0, 0.05) is 6.92 Å². The molecule has 0 spiro atoms. The molecule has 0 amide bonds. The maximum Gasteiger partial charge on any atom is 0.312 e. The number of rotatable bonds is 51. The van der Waals surface area contributed by atoms with Gasteiger partial charge in [-0.15, -0.1) is 0 Å². The molecule has 396 valence electrons. The van der Waals surface area contributed by atoms with Gasteiger partial charge in [0.15, 0.2) is 0 Å². The third-order valence-electron chi connectivity index (χ3n) is 16.0. The molecule has 0 fully saturated rings. The second-order valence-electron chi connectivity index (χ2n) is 21.8. The average molecular weight is 934 g/mol. The molecule has 0 aliphatic rings. The Labute approximate surface area is 416 Å². The Balaban J connectivity index is 0. The minimum Gasteiger partial charge on any atom is -0.481 e. The minimum atomic E-state index is -0.833. The molecular formula is C62H124O4. The van der Waals surface area contributed by atoms with E-state index < -0.39 is 5.97 Å². The van der Waals surface area contributed by atoms with Gasteiger partial charge in [-0.25, -0.2) is 0 Å². The first kappa shape index (κ1) is 67.0. The predicted octanol–water partition coefficient (Wildman–Crippen LogP) is 22.1. The monoisotopic (exact) mass is 933 g/mol. The Hall–Kier alpha value is -1.06. The van der Waals surface area contributed by atoms with Crippen molar-refractivity contribution in [1.82, 2.24) is 0 Å². The van der Waals surface area contributed by atoms with Gasteiger partial charge >= 0.3 is 5.97 Å². The number of carbonyl (C=O) groups excluding carboxylic acids is 1. The lowest BCUT2D eigenvalue weighted by molar-refractivity contribution is -0.157. The van der Waals surface area contributed by atoms with Gasteiger partial charge in [-0.05, 0) is 75.5 Å². The summed E-state index contributed by atoms with van der Waals surface area (Å²) in [5.74, 6) is -0.687. The van der Waals surface area contributed by atoms with Gasteiger partial charge in [0.05, 0.1) is 12.0 Å². The third kappa shape index (κ3) is 35.1. The Kier molecular flexibility index (Phi) is 49.7. The Morgan fingerprint density at radius 2 is 0.470 bits per heavy atom. The summed E-state index contributed by atoms with van der Waals surface area (Å²) in [5.41, 5.74) is 0.671. The molecule has 0 radical (unpaired) electrons. The smallest absolute Gasteiger partial charge is 0.312 e. The number of aliphatic carboxylic acids is 1. The van der Waals surface area contributed by atoms with E-state index in [9.17, 15) is 4.79 Å². The molecule has 0 aromatic heterocycles. The summed E-state index contributed by atoms with van der Waals surface area (Å²) >= 11 is 0. The molecule has 1 N–H and O–H groups in total. The van der Waals surface area contributed by atoms with E-state index in [0.29, 0.717) is 17.4 Å². The second-order valence-corrected chi connectivity index (χ2v) is 21.8. The van der Waals surface area contributed by atoms with Crippen molar-refractivity contribution in [2.45, 2.75) is 364 Å². The third-order valence-corrected chi connectivity index (χ3v) is 16.0. The van der Waals surface area contributed by atoms with E-state index in [1.807, 2.05) is 6.92 Å². The lowest BCUT2D eigenvalue weighted by Crippen LogP contribution is -2.43. The first-order valence-electron chi connectivity index (χ1n) is 30.5. The van der Waals surface area contributed by atoms with Crippen LogP contribution in [0.5, 0.6) is 0 Å². The van der Waals surface area contributed by atoms with Crippen molar-refractivity contribution in [3.8, 4) is 0 Å². The highest BCUT2D eigenvalue weighted by Crippen LogP contribution is 2.59.